The number of rotatable bonds is 13. The number of carbonyl (C=O) groups is 3. The number of fused-ring (bicyclic) bond motifs is 2. The van der Waals surface area contributed by atoms with Gasteiger partial charge in [0.2, 0.25) is 0 Å². The van der Waals surface area contributed by atoms with Crippen molar-refractivity contribution in [3.05, 3.63) is 46.8 Å². The number of hydrogen-bond acceptors (Lipinski definition) is 10. The Morgan fingerprint density at radius 2 is 1.87 bits per heavy atom. The second kappa shape index (κ2) is 14.3. The fraction of sp³-hybridized carbons (Fsp3) is 0.500. The smallest absolute Gasteiger partial charge is 0.333 e. The molecule has 0 spiro atoms. The number of unbranched alkanes of at least 4 members (excludes halogenated alkanes) is 2. The highest BCUT2D eigenvalue weighted by Gasteiger charge is 2.48. The van der Waals surface area contributed by atoms with Gasteiger partial charge in [-0.2, -0.15) is 8.42 Å². The van der Waals surface area contributed by atoms with Crippen LogP contribution in [0.3, 0.4) is 0 Å². The van der Waals surface area contributed by atoms with Gasteiger partial charge in [-0.05, 0) is 63.6 Å². The molecular formula is C34H42N4O8S. The highest BCUT2D eigenvalue weighted by molar-refractivity contribution is 7.86. The van der Waals surface area contributed by atoms with Gasteiger partial charge < -0.3 is 14.2 Å². The Morgan fingerprint density at radius 1 is 1.15 bits per heavy atom. The third-order valence-electron chi connectivity index (χ3n) is 9.03. The summed E-state index contributed by atoms with van der Waals surface area (Å²) in [5.41, 5.74) is 4.30. The summed E-state index contributed by atoms with van der Waals surface area (Å²) in [6, 6.07) is 7.71. The molecule has 5 rings (SSSR count). The number of allylic oxidation sites excluding steroid dienone is 1. The first-order valence-electron chi connectivity index (χ1n) is 16.3. The predicted molar refractivity (Wildman–Crippen MR) is 177 cm³/mol. The molecule has 2 fully saturated rings. The van der Waals surface area contributed by atoms with Crippen molar-refractivity contribution in [3.63, 3.8) is 0 Å². The zero-order valence-electron chi connectivity index (χ0n) is 27.3. The SMILES string of the molecule is C/C=C\c1c2nc3ccc(N(CC)CC)cc3oc-2c/c(=N/CCCCCC(=O)ON2C(=O)CCC2=O)c1C1C(S(=O)(=O)O)C[C@H]1C. The van der Waals surface area contributed by atoms with Crippen LogP contribution in [0, 0.1) is 5.92 Å². The van der Waals surface area contributed by atoms with Crippen LogP contribution in [0.5, 0.6) is 0 Å². The van der Waals surface area contributed by atoms with E-state index in [-0.39, 0.29) is 25.2 Å². The fourth-order valence-corrected chi connectivity index (χ4v) is 7.87. The van der Waals surface area contributed by atoms with Gasteiger partial charge in [0.15, 0.2) is 11.3 Å². The lowest BCUT2D eigenvalue weighted by molar-refractivity contribution is -0.197. The molecule has 1 aromatic carbocycles. The van der Waals surface area contributed by atoms with Crippen molar-refractivity contribution in [2.24, 2.45) is 10.9 Å². The lowest BCUT2D eigenvalue weighted by atomic mass is 9.68. The number of benzene rings is 2. The van der Waals surface area contributed by atoms with Gasteiger partial charge in [0.1, 0.15) is 11.2 Å². The van der Waals surface area contributed by atoms with Crippen LogP contribution >= 0.6 is 0 Å². The first-order valence-corrected chi connectivity index (χ1v) is 17.8. The molecule has 252 valence electrons. The van der Waals surface area contributed by atoms with E-state index in [0.29, 0.717) is 76.3 Å². The molecule has 12 nitrogen and oxygen atoms in total. The second-order valence-electron chi connectivity index (χ2n) is 12.1. The maximum atomic E-state index is 12.4. The van der Waals surface area contributed by atoms with Gasteiger partial charge >= 0.3 is 5.97 Å². The van der Waals surface area contributed by atoms with Gasteiger partial charge in [0.05, 0.1) is 10.6 Å². The van der Waals surface area contributed by atoms with Crippen LogP contribution in [0.2, 0.25) is 0 Å². The Bertz CT molecular complexity index is 1830. The van der Waals surface area contributed by atoms with Crippen LogP contribution in [-0.4, -0.2) is 65.7 Å². The molecule has 1 N–H and O–H groups in total. The van der Waals surface area contributed by atoms with E-state index in [1.54, 1.807) is 0 Å². The van der Waals surface area contributed by atoms with Crippen LogP contribution in [0.4, 0.5) is 5.69 Å². The summed E-state index contributed by atoms with van der Waals surface area (Å²) in [6.07, 6.45) is 5.95. The summed E-state index contributed by atoms with van der Waals surface area (Å²) in [5.74, 6) is -1.67. The quantitative estimate of drug-likeness (QED) is 0.110. The zero-order valence-corrected chi connectivity index (χ0v) is 28.1. The second-order valence-corrected chi connectivity index (χ2v) is 13.8. The fourth-order valence-electron chi connectivity index (χ4n) is 6.55. The molecule has 2 aliphatic heterocycles. The van der Waals surface area contributed by atoms with E-state index in [1.807, 2.05) is 50.3 Å². The minimum Gasteiger partial charge on any atom is -0.453 e. The molecule has 1 saturated heterocycles. The Labute approximate surface area is 274 Å². The first-order chi connectivity index (χ1) is 22.5. The number of hydroxylamine groups is 2. The lowest BCUT2D eigenvalue weighted by Gasteiger charge is -2.42. The number of carbonyl (C=O) groups excluding carboxylic acids is 3. The van der Waals surface area contributed by atoms with E-state index in [4.69, 9.17) is 19.2 Å². The van der Waals surface area contributed by atoms with Crippen molar-refractivity contribution in [1.82, 2.24) is 10.0 Å². The molecule has 0 bridgehead atoms. The van der Waals surface area contributed by atoms with Gasteiger partial charge in [-0.15, -0.1) is 5.06 Å². The molecule has 0 radical (unpaired) electrons. The molecule has 2 amide bonds. The van der Waals surface area contributed by atoms with Gasteiger partial charge in [0.25, 0.3) is 21.9 Å². The Kier molecular flexibility index (Phi) is 10.5. The van der Waals surface area contributed by atoms with Crippen LogP contribution in [0.1, 0.15) is 89.7 Å². The average Bonchev–Trinajstić information content (AvgIpc) is 3.34. The van der Waals surface area contributed by atoms with E-state index in [1.165, 1.54) is 0 Å². The summed E-state index contributed by atoms with van der Waals surface area (Å²) in [7, 11) is -4.31. The first kappa shape index (κ1) is 34.2. The molecule has 2 heterocycles. The van der Waals surface area contributed by atoms with E-state index in [2.05, 4.69) is 18.7 Å². The topological polar surface area (TPSA) is 160 Å². The van der Waals surface area contributed by atoms with Crippen LogP contribution in [0.25, 0.3) is 28.6 Å². The van der Waals surface area contributed by atoms with E-state index < -0.39 is 39.1 Å². The van der Waals surface area contributed by atoms with Gasteiger partial charge in [0, 0.05) is 68.2 Å². The standard InChI is InChI=1S/C34H42N4O8S/c1-5-11-23-33(32-21(4)18-28(32)47(42,43)44)25(35-17-10-8-9-12-31(41)46-38-29(39)15-16-30(38)40)20-27-34(23)36-24-14-13-22(19-26(24)45-27)37(6-2)7-3/h5,11,13-14,19-21,28,32H,6-10,12,15-18H2,1-4H3,(H,42,43,44)/b11-5-,35-25-/t21-,28?,32?/m1/s1. The molecule has 1 saturated carbocycles. The molecule has 13 heteroatoms. The highest BCUT2D eigenvalue weighted by Crippen LogP contribution is 2.48. The van der Waals surface area contributed by atoms with Crippen LogP contribution in [0.15, 0.2) is 39.8 Å². The van der Waals surface area contributed by atoms with Crippen LogP contribution < -0.4 is 10.3 Å². The Balaban J connectivity index is 1.47. The summed E-state index contributed by atoms with van der Waals surface area (Å²) in [4.78, 5) is 52.6. The van der Waals surface area contributed by atoms with E-state index >= 15 is 0 Å². The maximum Gasteiger partial charge on any atom is 0.333 e. The van der Waals surface area contributed by atoms with E-state index in [9.17, 15) is 27.4 Å². The van der Waals surface area contributed by atoms with Crippen molar-refractivity contribution in [1.29, 1.82) is 0 Å². The summed E-state index contributed by atoms with van der Waals surface area (Å²) in [6.45, 7) is 10.1. The minimum absolute atomic E-state index is 0.0215. The Hall–Kier alpha value is -4.10. The van der Waals surface area contributed by atoms with Crippen molar-refractivity contribution in [2.75, 3.05) is 24.5 Å². The molecule has 3 atom stereocenters. The molecular weight excluding hydrogens is 624 g/mol. The number of nitrogens with zero attached hydrogens (tertiary/aromatic N) is 4. The average molecular weight is 667 g/mol. The van der Waals surface area contributed by atoms with Gasteiger partial charge in [-0.3, -0.25) is 19.1 Å². The lowest BCUT2D eigenvalue weighted by Crippen LogP contribution is -2.45. The third kappa shape index (κ3) is 7.25. The number of imide groups is 1. The van der Waals surface area contributed by atoms with Gasteiger partial charge in [-0.1, -0.05) is 25.5 Å². The molecule has 0 aromatic heterocycles. The number of hydrogen-bond donors (Lipinski definition) is 1. The summed E-state index contributed by atoms with van der Waals surface area (Å²) >= 11 is 0. The van der Waals surface area contributed by atoms with Gasteiger partial charge in [-0.25, -0.2) is 9.78 Å². The summed E-state index contributed by atoms with van der Waals surface area (Å²) < 4.78 is 41.4. The van der Waals surface area contributed by atoms with E-state index in [0.717, 1.165) is 18.8 Å². The van der Waals surface area contributed by atoms with Crippen molar-refractivity contribution in [2.45, 2.75) is 83.8 Å². The van der Waals surface area contributed by atoms with Crippen LogP contribution in [-0.2, 0) is 29.3 Å². The van der Waals surface area contributed by atoms with Crippen molar-refractivity contribution >= 4 is 50.8 Å². The minimum atomic E-state index is -4.31. The number of anilines is 1. The summed E-state index contributed by atoms with van der Waals surface area (Å²) in [5, 5.41) is 0.171. The molecule has 4 aliphatic rings. The zero-order chi connectivity index (χ0) is 33.9. The highest BCUT2D eigenvalue weighted by atomic mass is 32.2. The van der Waals surface area contributed by atoms with Crippen molar-refractivity contribution in [3.8, 4) is 11.5 Å². The molecule has 47 heavy (non-hydrogen) atoms. The maximum absolute atomic E-state index is 12.4. The number of amides is 2. The largest absolute Gasteiger partial charge is 0.453 e. The third-order valence-corrected chi connectivity index (χ3v) is 10.3. The number of aromatic nitrogens is 1. The normalized spacial score (nSPS) is 20.5. The monoisotopic (exact) mass is 666 g/mol. The molecule has 1 aromatic rings. The predicted octanol–water partition coefficient (Wildman–Crippen LogP) is 5.26. The van der Waals surface area contributed by atoms with Crippen molar-refractivity contribution < 1.29 is 36.6 Å². The molecule has 2 aliphatic carbocycles. The Morgan fingerprint density at radius 3 is 2.51 bits per heavy atom. The molecule has 2 unspecified atom stereocenters.